The van der Waals surface area contributed by atoms with Crippen LogP contribution >= 0.6 is 0 Å². The van der Waals surface area contributed by atoms with Gasteiger partial charge in [-0.3, -0.25) is 4.79 Å². The van der Waals surface area contributed by atoms with E-state index in [9.17, 15) is 18.7 Å². The van der Waals surface area contributed by atoms with E-state index in [1.807, 2.05) is 0 Å². The summed E-state index contributed by atoms with van der Waals surface area (Å²) < 4.78 is 25.7. The third-order valence-corrected chi connectivity index (χ3v) is 3.22. The Morgan fingerprint density at radius 2 is 2.05 bits per heavy atom. The molecule has 110 valence electrons. The van der Waals surface area contributed by atoms with Crippen LogP contribution in [0.2, 0.25) is 0 Å². The lowest BCUT2D eigenvalue weighted by Gasteiger charge is -2.12. The van der Waals surface area contributed by atoms with Crippen LogP contribution in [0.25, 0.3) is 0 Å². The van der Waals surface area contributed by atoms with Gasteiger partial charge in [-0.05, 0) is 30.5 Å². The van der Waals surface area contributed by atoms with Crippen molar-refractivity contribution in [3.05, 3.63) is 35.4 Å². The smallest absolute Gasteiger partial charge is 0.223 e. The molecule has 1 amide bonds. The van der Waals surface area contributed by atoms with Crippen LogP contribution in [-0.4, -0.2) is 30.6 Å². The van der Waals surface area contributed by atoms with Crippen molar-refractivity contribution >= 4 is 5.91 Å². The Kier molecular flexibility index (Phi) is 5.03. The summed E-state index contributed by atoms with van der Waals surface area (Å²) in [6.45, 7) is 1.21. The predicted molar refractivity (Wildman–Crippen MR) is 69.9 cm³/mol. The number of hydrogen-bond acceptors (Lipinski definition) is 3. The van der Waals surface area contributed by atoms with Gasteiger partial charge in [0.15, 0.2) is 11.6 Å². The molecule has 4 nitrogen and oxygen atoms in total. The highest BCUT2D eigenvalue weighted by molar-refractivity contribution is 5.80. The molecule has 1 saturated carbocycles. The zero-order valence-electron chi connectivity index (χ0n) is 11.0. The van der Waals surface area contributed by atoms with Gasteiger partial charge in [-0.2, -0.15) is 0 Å². The van der Waals surface area contributed by atoms with E-state index < -0.39 is 17.7 Å². The topological polar surface area (TPSA) is 61.4 Å². The first-order chi connectivity index (χ1) is 9.58. The Labute approximate surface area is 116 Å². The third-order valence-electron chi connectivity index (χ3n) is 3.22. The van der Waals surface area contributed by atoms with Crippen LogP contribution in [0.3, 0.4) is 0 Å². The van der Waals surface area contributed by atoms with Crippen molar-refractivity contribution < 1.29 is 18.7 Å². The first-order valence-electron chi connectivity index (χ1n) is 6.69. The number of rotatable bonds is 7. The summed E-state index contributed by atoms with van der Waals surface area (Å²) in [7, 11) is 0. The van der Waals surface area contributed by atoms with Gasteiger partial charge >= 0.3 is 0 Å². The number of carbonyl (C=O) groups is 1. The lowest BCUT2D eigenvalue weighted by atomic mass is 10.1. The maximum absolute atomic E-state index is 13.0. The van der Waals surface area contributed by atoms with Crippen molar-refractivity contribution in [1.29, 1.82) is 0 Å². The predicted octanol–water partition coefficient (Wildman–Crippen LogP) is 1.11. The number of carbonyl (C=O) groups excluding carboxylic acids is 1. The van der Waals surface area contributed by atoms with E-state index in [0.717, 1.165) is 25.0 Å². The fourth-order valence-corrected chi connectivity index (χ4v) is 1.84. The number of hydrogen-bond donors (Lipinski definition) is 3. The van der Waals surface area contributed by atoms with Crippen molar-refractivity contribution in [2.75, 3.05) is 19.6 Å². The van der Waals surface area contributed by atoms with Gasteiger partial charge in [0.2, 0.25) is 5.91 Å². The summed E-state index contributed by atoms with van der Waals surface area (Å²) in [5.74, 6) is -1.65. The van der Waals surface area contributed by atoms with Crippen LogP contribution in [0.4, 0.5) is 8.78 Å². The van der Waals surface area contributed by atoms with Crippen LogP contribution in [0, 0.1) is 17.6 Å². The molecule has 0 radical (unpaired) electrons. The van der Waals surface area contributed by atoms with Gasteiger partial charge in [0, 0.05) is 25.6 Å². The lowest BCUT2D eigenvalue weighted by molar-refractivity contribution is -0.122. The maximum atomic E-state index is 13.0. The summed E-state index contributed by atoms with van der Waals surface area (Å²) in [4.78, 5) is 11.3. The van der Waals surface area contributed by atoms with Gasteiger partial charge < -0.3 is 15.7 Å². The quantitative estimate of drug-likeness (QED) is 0.657. The van der Waals surface area contributed by atoms with E-state index in [4.69, 9.17) is 0 Å². The van der Waals surface area contributed by atoms with Crippen molar-refractivity contribution in [3.8, 4) is 0 Å². The van der Waals surface area contributed by atoms with E-state index in [1.54, 1.807) is 0 Å². The monoisotopic (exact) mass is 284 g/mol. The van der Waals surface area contributed by atoms with Gasteiger partial charge in [0.25, 0.3) is 0 Å². The van der Waals surface area contributed by atoms with Crippen molar-refractivity contribution in [1.82, 2.24) is 10.6 Å². The number of amides is 1. The molecule has 1 aliphatic carbocycles. The minimum Gasteiger partial charge on any atom is -0.387 e. The fraction of sp³-hybridized carbons (Fsp3) is 0.500. The molecular weight excluding hydrogens is 266 g/mol. The van der Waals surface area contributed by atoms with E-state index in [-0.39, 0.29) is 18.4 Å². The molecule has 1 atom stereocenters. The normalized spacial score (nSPS) is 15.9. The molecule has 1 aromatic carbocycles. The molecule has 3 N–H and O–H groups in total. The third kappa shape index (κ3) is 4.25. The zero-order valence-corrected chi connectivity index (χ0v) is 11.0. The largest absolute Gasteiger partial charge is 0.387 e. The number of nitrogens with one attached hydrogen (secondary N) is 2. The second kappa shape index (κ2) is 6.76. The van der Waals surface area contributed by atoms with Gasteiger partial charge in [-0.15, -0.1) is 0 Å². The van der Waals surface area contributed by atoms with Gasteiger partial charge in [-0.25, -0.2) is 8.78 Å². The molecule has 1 aliphatic rings. The molecule has 1 fully saturated rings. The Morgan fingerprint density at radius 1 is 1.30 bits per heavy atom. The highest BCUT2D eigenvalue weighted by Crippen LogP contribution is 2.28. The number of halogens is 2. The first kappa shape index (κ1) is 14.9. The van der Waals surface area contributed by atoms with E-state index in [2.05, 4.69) is 10.6 Å². The summed E-state index contributed by atoms with van der Waals surface area (Å²) in [5.41, 5.74) is 0.318. The van der Waals surface area contributed by atoms with Crippen molar-refractivity contribution in [2.24, 2.45) is 5.92 Å². The highest BCUT2D eigenvalue weighted by atomic mass is 19.2. The molecule has 0 aromatic heterocycles. The molecule has 1 unspecified atom stereocenters. The van der Waals surface area contributed by atoms with Crippen LogP contribution in [-0.2, 0) is 4.79 Å². The van der Waals surface area contributed by atoms with E-state index in [0.29, 0.717) is 18.7 Å². The second-order valence-corrected chi connectivity index (χ2v) is 4.96. The Balaban J connectivity index is 1.65. The van der Waals surface area contributed by atoms with Crippen molar-refractivity contribution in [2.45, 2.75) is 18.9 Å². The van der Waals surface area contributed by atoms with E-state index in [1.165, 1.54) is 6.07 Å². The molecule has 1 aromatic rings. The molecular formula is C14H18F2N2O2. The average molecular weight is 284 g/mol. The second-order valence-electron chi connectivity index (χ2n) is 4.96. The molecule has 0 heterocycles. The van der Waals surface area contributed by atoms with Gasteiger partial charge in [0.1, 0.15) is 0 Å². The summed E-state index contributed by atoms with van der Waals surface area (Å²) in [6, 6.07) is 3.32. The summed E-state index contributed by atoms with van der Waals surface area (Å²) in [5, 5.41) is 15.5. The number of aliphatic hydroxyl groups excluding tert-OH is 1. The Hall–Kier alpha value is -1.53. The minimum atomic E-state index is -0.974. The zero-order chi connectivity index (χ0) is 14.5. The Bertz CT molecular complexity index is 478. The van der Waals surface area contributed by atoms with Crippen LogP contribution in [0.15, 0.2) is 18.2 Å². The molecule has 6 heteroatoms. The molecule has 0 spiro atoms. The lowest BCUT2D eigenvalue weighted by Crippen LogP contribution is -2.34. The highest BCUT2D eigenvalue weighted by Gasteiger charge is 2.28. The molecule has 0 aliphatic heterocycles. The maximum Gasteiger partial charge on any atom is 0.223 e. The van der Waals surface area contributed by atoms with Crippen LogP contribution in [0.1, 0.15) is 24.5 Å². The standard InChI is InChI=1S/C14H18F2N2O2/c15-11-4-3-10(7-12(11)16)13(19)8-17-5-6-18-14(20)9-1-2-9/h3-4,7,9,13,17,19H,1-2,5-6,8H2,(H,18,20). The number of benzene rings is 1. The van der Waals surface area contributed by atoms with Gasteiger partial charge in [-0.1, -0.05) is 6.07 Å². The number of aliphatic hydroxyl groups is 1. The summed E-state index contributed by atoms with van der Waals surface area (Å²) >= 11 is 0. The molecule has 20 heavy (non-hydrogen) atoms. The van der Waals surface area contributed by atoms with Crippen LogP contribution < -0.4 is 10.6 Å². The summed E-state index contributed by atoms with van der Waals surface area (Å²) in [6.07, 6.45) is 1.02. The first-order valence-corrected chi connectivity index (χ1v) is 6.69. The average Bonchev–Trinajstić information content (AvgIpc) is 3.25. The Morgan fingerprint density at radius 3 is 2.70 bits per heavy atom. The molecule has 0 saturated heterocycles. The fourth-order valence-electron chi connectivity index (χ4n) is 1.84. The minimum absolute atomic E-state index is 0.0768. The molecule has 0 bridgehead atoms. The van der Waals surface area contributed by atoms with Crippen molar-refractivity contribution in [3.63, 3.8) is 0 Å². The van der Waals surface area contributed by atoms with Gasteiger partial charge in [0.05, 0.1) is 6.10 Å². The molecule has 2 rings (SSSR count). The van der Waals surface area contributed by atoms with E-state index >= 15 is 0 Å². The SMILES string of the molecule is O=C(NCCNCC(O)c1ccc(F)c(F)c1)C1CC1. The van der Waals surface area contributed by atoms with Crippen LogP contribution in [0.5, 0.6) is 0 Å².